The van der Waals surface area contributed by atoms with Crippen LogP contribution in [0.25, 0.3) is 0 Å². The van der Waals surface area contributed by atoms with E-state index >= 15 is 0 Å². The van der Waals surface area contributed by atoms with E-state index in [1.807, 2.05) is 0 Å². The second-order valence-corrected chi connectivity index (χ2v) is 4.59. The Labute approximate surface area is 127 Å². The molecule has 0 atom stereocenters. The highest BCUT2D eigenvalue weighted by molar-refractivity contribution is 5.98. The van der Waals surface area contributed by atoms with Gasteiger partial charge in [-0.15, -0.1) is 0 Å². The Morgan fingerprint density at radius 3 is 2.23 bits per heavy atom. The minimum atomic E-state index is -0.472. The Bertz CT molecular complexity index is 694. The number of ether oxygens (including phenoxy) is 2. The van der Waals surface area contributed by atoms with Crippen molar-refractivity contribution in [1.82, 2.24) is 0 Å². The number of hydrogen-bond donors (Lipinski definition) is 0. The quantitative estimate of drug-likeness (QED) is 0.465. The summed E-state index contributed by atoms with van der Waals surface area (Å²) >= 11 is 0. The van der Waals surface area contributed by atoms with E-state index in [-0.39, 0.29) is 17.9 Å². The number of benzene rings is 2. The molecule has 0 amide bonds. The van der Waals surface area contributed by atoms with Crippen molar-refractivity contribution in [2.75, 3.05) is 14.2 Å². The van der Waals surface area contributed by atoms with Crippen LogP contribution >= 0.6 is 0 Å². The highest BCUT2D eigenvalue weighted by atomic mass is 16.6. The van der Waals surface area contributed by atoms with Gasteiger partial charge in [0.15, 0.2) is 17.3 Å². The molecular formula is C16H15NO5. The molecule has 0 N–H and O–H groups in total. The molecule has 0 saturated carbocycles. The van der Waals surface area contributed by atoms with Crippen LogP contribution in [0.1, 0.15) is 15.9 Å². The average molecular weight is 301 g/mol. The van der Waals surface area contributed by atoms with Crippen molar-refractivity contribution in [3.8, 4) is 11.5 Å². The number of methoxy groups -OCH3 is 2. The first-order valence-electron chi connectivity index (χ1n) is 6.53. The monoisotopic (exact) mass is 301 g/mol. The van der Waals surface area contributed by atoms with Crippen LogP contribution < -0.4 is 9.47 Å². The first-order chi connectivity index (χ1) is 10.5. The molecule has 2 aromatic rings. The third-order valence-corrected chi connectivity index (χ3v) is 3.22. The lowest BCUT2D eigenvalue weighted by Gasteiger charge is -2.09. The summed E-state index contributed by atoms with van der Waals surface area (Å²) in [5, 5.41) is 10.6. The molecule has 0 bridgehead atoms. The second kappa shape index (κ2) is 6.71. The lowest BCUT2D eigenvalue weighted by atomic mass is 10.0. The Hall–Kier alpha value is -2.89. The fourth-order valence-electron chi connectivity index (χ4n) is 2.03. The van der Waals surface area contributed by atoms with Gasteiger partial charge in [-0.2, -0.15) is 0 Å². The van der Waals surface area contributed by atoms with Gasteiger partial charge in [0.05, 0.1) is 19.1 Å². The van der Waals surface area contributed by atoms with Gasteiger partial charge in [0.1, 0.15) is 0 Å². The third kappa shape index (κ3) is 3.41. The van der Waals surface area contributed by atoms with Gasteiger partial charge in [0, 0.05) is 24.1 Å². The van der Waals surface area contributed by atoms with Crippen molar-refractivity contribution in [2.24, 2.45) is 0 Å². The van der Waals surface area contributed by atoms with Gasteiger partial charge in [-0.25, -0.2) is 0 Å². The number of Topliss-reactive ketones (excluding diaryl/α,β-unsaturated/α-hetero) is 1. The van der Waals surface area contributed by atoms with Crippen LogP contribution in [0.15, 0.2) is 42.5 Å². The number of nitro groups is 1. The highest BCUT2D eigenvalue weighted by Gasteiger charge is 2.12. The van der Waals surface area contributed by atoms with Crippen LogP contribution in [0.5, 0.6) is 11.5 Å². The first-order valence-corrected chi connectivity index (χ1v) is 6.53. The summed E-state index contributed by atoms with van der Waals surface area (Å²) in [6.45, 7) is 0. The van der Waals surface area contributed by atoms with E-state index in [4.69, 9.17) is 9.47 Å². The summed E-state index contributed by atoms with van der Waals surface area (Å²) in [6.07, 6.45) is 0.160. The molecule has 0 heterocycles. The van der Waals surface area contributed by atoms with E-state index in [1.165, 1.54) is 26.4 Å². The van der Waals surface area contributed by atoms with Gasteiger partial charge in [0.25, 0.3) is 5.69 Å². The lowest BCUT2D eigenvalue weighted by Crippen LogP contribution is -2.04. The summed E-state index contributed by atoms with van der Waals surface area (Å²) in [6, 6.07) is 10.9. The van der Waals surface area contributed by atoms with Crippen LogP contribution in [0.3, 0.4) is 0 Å². The topological polar surface area (TPSA) is 78.7 Å². The van der Waals surface area contributed by atoms with Gasteiger partial charge < -0.3 is 9.47 Å². The van der Waals surface area contributed by atoms with Gasteiger partial charge in [0.2, 0.25) is 0 Å². The number of non-ortho nitro benzene ring substituents is 1. The standard InChI is InChI=1S/C16H15NO5/c1-21-15-8-5-12(10-16(15)22-2)14(18)9-11-3-6-13(7-4-11)17(19)20/h3-8,10H,9H2,1-2H3. The largest absolute Gasteiger partial charge is 0.493 e. The van der Waals surface area contributed by atoms with E-state index in [0.29, 0.717) is 22.6 Å². The number of carbonyl (C=O) groups is 1. The second-order valence-electron chi connectivity index (χ2n) is 4.59. The average Bonchev–Trinajstić information content (AvgIpc) is 2.54. The molecule has 0 unspecified atom stereocenters. The Morgan fingerprint density at radius 2 is 1.68 bits per heavy atom. The van der Waals surface area contributed by atoms with Crippen molar-refractivity contribution in [2.45, 2.75) is 6.42 Å². The SMILES string of the molecule is COc1ccc(C(=O)Cc2ccc([N+](=O)[O-])cc2)cc1OC. The third-order valence-electron chi connectivity index (χ3n) is 3.22. The zero-order chi connectivity index (χ0) is 16.1. The molecule has 0 spiro atoms. The summed E-state index contributed by atoms with van der Waals surface area (Å²) in [4.78, 5) is 22.4. The molecule has 0 aliphatic rings. The highest BCUT2D eigenvalue weighted by Crippen LogP contribution is 2.28. The summed E-state index contributed by atoms with van der Waals surface area (Å²) < 4.78 is 10.3. The zero-order valence-electron chi connectivity index (χ0n) is 12.2. The van der Waals surface area contributed by atoms with Crippen molar-refractivity contribution >= 4 is 11.5 Å². The number of nitro benzene ring substituents is 1. The van der Waals surface area contributed by atoms with Crippen LogP contribution in [0.4, 0.5) is 5.69 Å². The number of nitrogens with zero attached hydrogens (tertiary/aromatic N) is 1. The van der Waals surface area contributed by atoms with Gasteiger partial charge in [-0.3, -0.25) is 14.9 Å². The molecule has 2 aromatic carbocycles. The van der Waals surface area contributed by atoms with E-state index < -0.39 is 4.92 Å². The smallest absolute Gasteiger partial charge is 0.269 e. The van der Waals surface area contributed by atoms with E-state index in [0.717, 1.165) is 0 Å². The van der Waals surface area contributed by atoms with Gasteiger partial charge in [-0.1, -0.05) is 12.1 Å². The fourth-order valence-corrected chi connectivity index (χ4v) is 2.03. The van der Waals surface area contributed by atoms with Crippen molar-refractivity contribution in [3.63, 3.8) is 0 Å². The molecule has 0 fully saturated rings. The molecule has 6 nitrogen and oxygen atoms in total. The van der Waals surface area contributed by atoms with E-state index in [9.17, 15) is 14.9 Å². The normalized spacial score (nSPS) is 10.1. The predicted octanol–water partition coefficient (Wildman–Crippen LogP) is 3.04. The molecule has 2 rings (SSSR count). The molecule has 114 valence electrons. The number of carbonyl (C=O) groups excluding carboxylic acids is 1. The van der Waals surface area contributed by atoms with Gasteiger partial charge in [-0.05, 0) is 23.8 Å². The first kappa shape index (κ1) is 15.5. The van der Waals surface area contributed by atoms with Crippen LogP contribution in [0.2, 0.25) is 0 Å². The molecular weight excluding hydrogens is 286 g/mol. The molecule has 0 radical (unpaired) electrons. The summed E-state index contributed by atoms with van der Waals surface area (Å²) in [7, 11) is 3.03. The Kier molecular flexibility index (Phi) is 4.73. The van der Waals surface area contributed by atoms with Crippen molar-refractivity contribution in [1.29, 1.82) is 0 Å². The maximum atomic E-state index is 12.3. The minimum Gasteiger partial charge on any atom is -0.493 e. The Morgan fingerprint density at radius 1 is 1.05 bits per heavy atom. The molecule has 22 heavy (non-hydrogen) atoms. The maximum Gasteiger partial charge on any atom is 0.269 e. The fraction of sp³-hybridized carbons (Fsp3) is 0.188. The Balaban J connectivity index is 2.16. The van der Waals surface area contributed by atoms with Crippen molar-refractivity contribution < 1.29 is 19.2 Å². The summed E-state index contributed by atoms with van der Waals surface area (Å²) in [5.41, 5.74) is 1.21. The van der Waals surface area contributed by atoms with Gasteiger partial charge >= 0.3 is 0 Å². The number of ketones is 1. The predicted molar refractivity (Wildman–Crippen MR) is 80.7 cm³/mol. The number of hydrogen-bond acceptors (Lipinski definition) is 5. The molecule has 0 aliphatic heterocycles. The molecule has 6 heteroatoms. The van der Waals surface area contributed by atoms with Crippen LogP contribution in [0, 0.1) is 10.1 Å². The zero-order valence-corrected chi connectivity index (χ0v) is 12.2. The minimum absolute atomic E-state index is 0.00214. The maximum absolute atomic E-state index is 12.3. The number of rotatable bonds is 6. The van der Waals surface area contributed by atoms with E-state index in [2.05, 4.69) is 0 Å². The van der Waals surface area contributed by atoms with Crippen LogP contribution in [-0.4, -0.2) is 24.9 Å². The molecule has 0 aliphatic carbocycles. The van der Waals surface area contributed by atoms with E-state index in [1.54, 1.807) is 30.3 Å². The summed E-state index contributed by atoms with van der Waals surface area (Å²) in [5.74, 6) is 0.932. The molecule has 0 aromatic heterocycles. The lowest BCUT2D eigenvalue weighted by molar-refractivity contribution is -0.384. The van der Waals surface area contributed by atoms with Crippen molar-refractivity contribution in [3.05, 3.63) is 63.7 Å². The van der Waals surface area contributed by atoms with Crippen LogP contribution in [-0.2, 0) is 6.42 Å². The molecule has 0 saturated heterocycles.